The summed E-state index contributed by atoms with van der Waals surface area (Å²) in [7, 11) is 0. The minimum absolute atomic E-state index is 0.140. The van der Waals surface area contributed by atoms with E-state index in [1.807, 2.05) is 32.9 Å². The maximum Gasteiger partial charge on any atom is 0.273 e. The number of aromatic amines is 1. The van der Waals surface area contributed by atoms with Crippen LogP contribution in [-0.4, -0.2) is 25.9 Å². The zero-order valence-electron chi connectivity index (χ0n) is 15.7. The van der Waals surface area contributed by atoms with Crippen LogP contribution in [0.3, 0.4) is 0 Å². The second kappa shape index (κ2) is 13.7. The SMILES string of the molecule is CC.CC(C)C.CCc1nnc(SCCc2ccncc2)[nH]c1=O. The molecule has 0 radical (unpaired) electrons. The quantitative estimate of drug-likeness (QED) is 0.820. The van der Waals surface area contributed by atoms with E-state index in [1.165, 1.54) is 17.3 Å². The number of thioether (sulfide) groups is 1. The van der Waals surface area contributed by atoms with Gasteiger partial charge < -0.3 is 0 Å². The zero-order valence-corrected chi connectivity index (χ0v) is 16.5. The second-order valence-electron chi connectivity index (χ2n) is 5.45. The van der Waals surface area contributed by atoms with Gasteiger partial charge in [0.2, 0.25) is 0 Å². The van der Waals surface area contributed by atoms with Gasteiger partial charge in [-0.3, -0.25) is 14.8 Å². The minimum atomic E-state index is -0.140. The molecular weight excluding hydrogens is 320 g/mol. The van der Waals surface area contributed by atoms with Gasteiger partial charge in [-0.15, -0.1) is 10.2 Å². The number of pyridine rings is 1. The van der Waals surface area contributed by atoms with Crippen molar-refractivity contribution in [3.05, 3.63) is 46.1 Å². The zero-order chi connectivity index (χ0) is 18.4. The number of hydrogen-bond acceptors (Lipinski definition) is 5. The molecule has 0 saturated carbocycles. The Morgan fingerprint density at radius 3 is 2.21 bits per heavy atom. The maximum atomic E-state index is 11.5. The molecule has 2 rings (SSSR count). The molecule has 1 N–H and O–H groups in total. The van der Waals surface area contributed by atoms with Gasteiger partial charge in [0.25, 0.3) is 5.56 Å². The second-order valence-corrected chi connectivity index (χ2v) is 6.53. The molecule has 2 aromatic rings. The molecule has 2 heterocycles. The van der Waals surface area contributed by atoms with Crippen molar-refractivity contribution >= 4 is 11.8 Å². The fraction of sp³-hybridized carbons (Fsp3) is 0.556. The Kier molecular flexibility index (Phi) is 12.8. The summed E-state index contributed by atoms with van der Waals surface area (Å²) >= 11 is 1.50. The van der Waals surface area contributed by atoms with E-state index >= 15 is 0 Å². The Hall–Kier alpha value is -1.69. The molecule has 24 heavy (non-hydrogen) atoms. The van der Waals surface area contributed by atoms with E-state index in [-0.39, 0.29) is 5.56 Å². The summed E-state index contributed by atoms with van der Waals surface area (Å²) < 4.78 is 0. The molecule has 5 nitrogen and oxygen atoms in total. The highest BCUT2D eigenvalue weighted by atomic mass is 32.2. The first kappa shape index (κ1) is 22.3. The van der Waals surface area contributed by atoms with Crippen LogP contribution < -0.4 is 5.56 Å². The maximum absolute atomic E-state index is 11.5. The van der Waals surface area contributed by atoms with Crippen molar-refractivity contribution in [3.8, 4) is 0 Å². The summed E-state index contributed by atoms with van der Waals surface area (Å²) in [4.78, 5) is 18.2. The van der Waals surface area contributed by atoms with E-state index in [2.05, 4.69) is 40.9 Å². The van der Waals surface area contributed by atoms with Crippen LogP contribution in [0.15, 0.2) is 34.5 Å². The monoisotopic (exact) mass is 350 g/mol. The van der Waals surface area contributed by atoms with E-state index < -0.39 is 0 Å². The van der Waals surface area contributed by atoms with Crippen molar-refractivity contribution in [2.24, 2.45) is 5.92 Å². The summed E-state index contributed by atoms with van der Waals surface area (Å²) in [6, 6.07) is 3.96. The third-order valence-electron chi connectivity index (χ3n) is 2.46. The third kappa shape index (κ3) is 10.2. The summed E-state index contributed by atoms with van der Waals surface area (Å²) in [5.74, 6) is 1.68. The number of nitrogens with zero attached hydrogens (tertiary/aromatic N) is 3. The molecule has 2 aromatic heterocycles. The van der Waals surface area contributed by atoms with Crippen LogP contribution in [-0.2, 0) is 12.8 Å². The smallest absolute Gasteiger partial charge is 0.273 e. The highest BCUT2D eigenvalue weighted by Gasteiger charge is 2.03. The van der Waals surface area contributed by atoms with E-state index in [0.717, 1.165) is 18.1 Å². The lowest BCUT2D eigenvalue weighted by molar-refractivity contribution is 0.737. The molecule has 0 saturated heterocycles. The third-order valence-corrected chi connectivity index (χ3v) is 3.32. The Morgan fingerprint density at radius 2 is 1.71 bits per heavy atom. The van der Waals surface area contributed by atoms with E-state index in [9.17, 15) is 4.79 Å². The van der Waals surface area contributed by atoms with Crippen LogP contribution in [0.2, 0.25) is 0 Å². The number of nitrogens with one attached hydrogen (secondary N) is 1. The molecule has 0 unspecified atom stereocenters. The molecule has 0 aliphatic carbocycles. The topological polar surface area (TPSA) is 71.5 Å². The molecule has 0 spiro atoms. The predicted octanol–water partition coefficient (Wildman–Crippen LogP) is 4.15. The van der Waals surface area contributed by atoms with Crippen molar-refractivity contribution in [2.45, 2.75) is 59.5 Å². The van der Waals surface area contributed by atoms with Crippen LogP contribution in [0.5, 0.6) is 0 Å². The predicted molar refractivity (Wildman–Crippen MR) is 103 cm³/mol. The Balaban J connectivity index is 0.000000773. The summed E-state index contributed by atoms with van der Waals surface area (Å²) in [6.45, 7) is 12.4. The lowest BCUT2D eigenvalue weighted by Gasteiger charge is -2.01. The van der Waals surface area contributed by atoms with Crippen LogP contribution in [0.1, 0.15) is 52.8 Å². The van der Waals surface area contributed by atoms with Gasteiger partial charge in [0, 0.05) is 18.1 Å². The summed E-state index contributed by atoms with van der Waals surface area (Å²) in [6.07, 6.45) is 5.06. The van der Waals surface area contributed by atoms with Gasteiger partial charge in [-0.2, -0.15) is 0 Å². The van der Waals surface area contributed by atoms with Gasteiger partial charge in [-0.1, -0.05) is 53.3 Å². The fourth-order valence-electron chi connectivity index (χ4n) is 1.46. The van der Waals surface area contributed by atoms with Gasteiger partial charge in [0.05, 0.1) is 0 Å². The van der Waals surface area contributed by atoms with Gasteiger partial charge >= 0.3 is 0 Å². The molecule has 134 valence electrons. The van der Waals surface area contributed by atoms with Gasteiger partial charge in [-0.25, -0.2) is 0 Å². The van der Waals surface area contributed by atoms with Crippen molar-refractivity contribution in [1.29, 1.82) is 0 Å². The number of H-pyrrole nitrogens is 1. The molecule has 0 fully saturated rings. The first-order chi connectivity index (χ1) is 11.5. The molecule has 0 aliphatic heterocycles. The number of hydrogen-bond donors (Lipinski definition) is 1. The van der Waals surface area contributed by atoms with Crippen LogP contribution >= 0.6 is 11.8 Å². The largest absolute Gasteiger partial charge is 0.298 e. The van der Waals surface area contributed by atoms with E-state index in [4.69, 9.17) is 0 Å². The highest BCUT2D eigenvalue weighted by molar-refractivity contribution is 7.99. The Labute approximate surface area is 149 Å². The van der Waals surface area contributed by atoms with Gasteiger partial charge in [0.1, 0.15) is 5.69 Å². The van der Waals surface area contributed by atoms with Gasteiger partial charge in [0.15, 0.2) is 5.16 Å². The van der Waals surface area contributed by atoms with E-state index in [0.29, 0.717) is 17.3 Å². The minimum Gasteiger partial charge on any atom is -0.298 e. The molecule has 0 atom stereocenters. The summed E-state index contributed by atoms with van der Waals surface area (Å²) in [5.41, 5.74) is 1.56. The molecule has 0 aromatic carbocycles. The van der Waals surface area contributed by atoms with E-state index in [1.54, 1.807) is 12.4 Å². The average molecular weight is 351 g/mol. The normalized spacial score (nSPS) is 9.62. The standard InChI is InChI=1S/C12H14N4OS.C4H10.C2H6/c1-2-10-11(17)14-12(16-15-10)18-8-5-9-3-6-13-7-4-9;1-4(2)3;1-2/h3-4,6-7H,2,5,8H2,1H3,(H,14,16,17);4H,1-3H3;1-2H3. The molecule has 0 bridgehead atoms. The fourth-order valence-corrected chi connectivity index (χ4v) is 2.25. The lowest BCUT2D eigenvalue weighted by Crippen LogP contribution is -2.16. The van der Waals surface area contributed by atoms with Gasteiger partial charge in [-0.05, 0) is 36.5 Å². The van der Waals surface area contributed by atoms with Crippen molar-refractivity contribution in [3.63, 3.8) is 0 Å². The molecular formula is C18H30N4OS. The average Bonchev–Trinajstić information content (AvgIpc) is 2.57. The van der Waals surface area contributed by atoms with Crippen molar-refractivity contribution in [1.82, 2.24) is 20.2 Å². The van der Waals surface area contributed by atoms with Crippen LogP contribution in [0, 0.1) is 5.92 Å². The molecule has 0 amide bonds. The lowest BCUT2D eigenvalue weighted by atomic mass is 10.2. The highest BCUT2D eigenvalue weighted by Crippen LogP contribution is 2.12. The molecule has 0 aliphatic rings. The number of aromatic nitrogens is 4. The first-order valence-corrected chi connectivity index (χ1v) is 9.49. The number of rotatable bonds is 5. The van der Waals surface area contributed by atoms with Crippen molar-refractivity contribution in [2.75, 3.05) is 5.75 Å². The summed E-state index contributed by atoms with van der Waals surface area (Å²) in [5, 5.41) is 8.46. The van der Waals surface area contributed by atoms with Crippen LogP contribution in [0.4, 0.5) is 0 Å². The number of aryl methyl sites for hydroxylation is 2. The molecule has 6 heteroatoms. The van der Waals surface area contributed by atoms with Crippen molar-refractivity contribution < 1.29 is 0 Å². The Bertz CT molecular complexity index is 597. The first-order valence-electron chi connectivity index (χ1n) is 8.50. The Morgan fingerprint density at radius 1 is 1.12 bits per heavy atom. The van der Waals surface area contributed by atoms with Crippen LogP contribution in [0.25, 0.3) is 0 Å².